The quantitative estimate of drug-likeness (QED) is 0.698. The number of nitrogens with zero attached hydrogens (tertiary/aromatic N) is 2. The Morgan fingerprint density at radius 1 is 1.56 bits per heavy atom. The van der Waals surface area contributed by atoms with Crippen LogP contribution in [0, 0.1) is 5.41 Å². The number of nitrogens with two attached hydrogens (primary N) is 1. The van der Waals surface area contributed by atoms with Crippen molar-refractivity contribution in [2.24, 2.45) is 11.1 Å². The first-order valence-electron chi connectivity index (χ1n) is 7.13. The second-order valence-corrected chi connectivity index (χ2v) is 7.68. The van der Waals surface area contributed by atoms with Crippen LogP contribution in [0.15, 0.2) is 29.9 Å². The summed E-state index contributed by atoms with van der Waals surface area (Å²) in [7, 11) is 0. The van der Waals surface area contributed by atoms with Crippen molar-refractivity contribution in [3.8, 4) is 0 Å². The summed E-state index contributed by atoms with van der Waals surface area (Å²) in [6.07, 6.45) is 5.34. The maximum absolute atomic E-state index is 11.8. The van der Waals surface area contributed by atoms with Crippen molar-refractivity contribution in [2.75, 3.05) is 18.1 Å². The zero-order valence-electron chi connectivity index (χ0n) is 13.1. The minimum Gasteiger partial charge on any atom is -0.481 e. The number of β-lactam (4-membered cyclic amide) rings is 1. The molecule has 3 rings (SSSR count). The highest BCUT2D eigenvalue weighted by Gasteiger charge is 2.55. The van der Waals surface area contributed by atoms with Crippen molar-refractivity contribution >= 4 is 66.3 Å². The van der Waals surface area contributed by atoms with E-state index in [1.807, 2.05) is 23.6 Å². The number of carboxylic acids is 1. The predicted molar refractivity (Wildman–Crippen MR) is 106 cm³/mol. The smallest absolute Gasteiger partial charge is 0.313 e. The first-order chi connectivity index (χ1) is 11.0. The van der Waals surface area contributed by atoms with E-state index in [4.69, 9.17) is 5.73 Å². The van der Waals surface area contributed by atoms with Crippen LogP contribution in [-0.4, -0.2) is 56.3 Å². The van der Waals surface area contributed by atoms with Crippen LogP contribution < -0.4 is 5.73 Å². The number of aromatic nitrogens is 1. The van der Waals surface area contributed by atoms with Crippen LogP contribution in [0.3, 0.4) is 0 Å². The Labute approximate surface area is 166 Å². The van der Waals surface area contributed by atoms with Gasteiger partial charge in [-0.25, -0.2) is 0 Å². The SMILES string of the molecule is Cl.Cl.NC1C(=O)N2CC(CSC=Cc3cccnc3)(C(=O)O)CS[C@H]12. The molecule has 2 aliphatic rings. The lowest BCUT2D eigenvalue weighted by atomic mass is 9.89. The molecule has 0 radical (unpaired) electrons. The lowest BCUT2D eigenvalue weighted by Crippen LogP contribution is -2.72. The highest BCUT2D eigenvalue weighted by atomic mass is 35.5. The molecule has 2 aliphatic heterocycles. The predicted octanol–water partition coefficient (Wildman–Crippen LogP) is 1.94. The molecule has 10 heteroatoms. The van der Waals surface area contributed by atoms with Crippen LogP contribution in [0.4, 0.5) is 0 Å². The van der Waals surface area contributed by atoms with Gasteiger partial charge in [0.25, 0.3) is 0 Å². The van der Waals surface area contributed by atoms with Gasteiger partial charge < -0.3 is 15.7 Å². The summed E-state index contributed by atoms with van der Waals surface area (Å²) in [5.74, 6) is -0.126. The highest BCUT2D eigenvalue weighted by molar-refractivity contribution is 8.02. The van der Waals surface area contributed by atoms with Crippen LogP contribution >= 0.6 is 48.3 Å². The second-order valence-electron chi connectivity index (χ2n) is 5.68. The lowest BCUT2D eigenvalue weighted by Gasteiger charge is -2.52. The Balaban J connectivity index is 0.00000156. The Morgan fingerprint density at radius 3 is 2.96 bits per heavy atom. The molecule has 1 amide bonds. The molecule has 0 spiro atoms. The van der Waals surface area contributed by atoms with Gasteiger partial charge >= 0.3 is 5.97 Å². The fourth-order valence-electron chi connectivity index (χ4n) is 2.62. The van der Waals surface area contributed by atoms with Crippen molar-refractivity contribution < 1.29 is 14.7 Å². The van der Waals surface area contributed by atoms with Gasteiger partial charge in [0.05, 0.1) is 0 Å². The molecule has 1 aromatic heterocycles. The molecule has 3 atom stereocenters. The third kappa shape index (κ3) is 4.43. The van der Waals surface area contributed by atoms with Crippen LogP contribution in [0.25, 0.3) is 6.08 Å². The van der Waals surface area contributed by atoms with Gasteiger partial charge in [0.2, 0.25) is 5.91 Å². The topological polar surface area (TPSA) is 96.5 Å². The fraction of sp³-hybridized carbons (Fsp3) is 0.400. The minimum atomic E-state index is -0.930. The molecule has 138 valence electrons. The van der Waals surface area contributed by atoms with Gasteiger partial charge in [-0.2, -0.15) is 0 Å². The van der Waals surface area contributed by atoms with Crippen molar-refractivity contribution in [3.63, 3.8) is 0 Å². The van der Waals surface area contributed by atoms with Gasteiger partial charge in [-0.1, -0.05) is 6.07 Å². The molecule has 0 aromatic carbocycles. The lowest BCUT2D eigenvalue weighted by molar-refractivity contribution is -0.155. The standard InChI is InChI=1S/C15H17N3O3S2.2ClH/c16-11-12(19)18-7-15(14(20)21,9-23-13(11)18)8-22-5-3-10-2-1-4-17-6-10;;/h1-6,11,13H,7-9,16H2,(H,20,21);2*1H/t11?,13-,15?;;/m1../s1. The van der Waals surface area contributed by atoms with Crippen molar-refractivity contribution in [1.29, 1.82) is 0 Å². The summed E-state index contributed by atoms with van der Waals surface area (Å²) in [5.41, 5.74) is 5.78. The van der Waals surface area contributed by atoms with Crippen LogP contribution in [0.1, 0.15) is 5.56 Å². The zero-order valence-corrected chi connectivity index (χ0v) is 16.4. The number of amides is 1. The van der Waals surface area contributed by atoms with Crippen LogP contribution in [0.5, 0.6) is 0 Å². The molecule has 1 aromatic rings. The van der Waals surface area contributed by atoms with E-state index in [2.05, 4.69) is 4.98 Å². The highest BCUT2D eigenvalue weighted by Crippen LogP contribution is 2.43. The molecule has 25 heavy (non-hydrogen) atoms. The molecule has 2 saturated heterocycles. The number of halogens is 2. The maximum atomic E-state index is 11.8. The summed E-state index contributed by atoms with van der Waals surface area (Å²) >= 11 is 2.91. The molecule has 0 aliphatic carbocycles. The number of fused-ring (bicyclic) bond motifs is 1. The molecule has 0 saturated carbocycles. The van der Waals surface area contributed by atoms with Gasteiger partial charge in [0.15, 0.2) is 0 Å². The molecule has 2 fully saturated rings. The van der Waals surface area contributed by atoms with Crippen molar-refractivity contribution in [1.82, 2.24) is 9.88 Å². The van der Waals surface area contributed by atoms with E-state index >= 15 is 0 Å². The second kappa shape index (κ2) is 9.14. The summed E-state index contributed by atoms with van der Waals surface area (Å²) < 4.78 is 0. The molecule has 0 bridgehead atoms. The first kappa shape index (κ1) is 22.1. The summed E-state index contributed by atoms with van der Waals surface area (Å²) in [5, 5.41) is 11.5. The molecule has 3 N–H and O–H groups in total. The number of aliphatic carboxylic acids is 1. The Hall–Kier alpha value is -0.930. The van der Waals surface area contributed by atoms with Gasteiger partial charge in [0, 0.05) is 30.4 Å². The number of carbonyl (C=O) groups excluding carboxylic acids is 1. The van der Waals surface area contributed by atoms with E-state index < -0.39 is 17.4 Å². The largest absolute Gasteiger partial charge is 0.481 e. The Kier molecular flexibility index (Phi) is 8.08. The average molecular weight is 424 g/mol. The zero-order chi connectivity index (χ0) is 16.4. The van der Waals surface area contributed by atoms with E-state index in [0.29, 0.717) is 11.5 Å². The van der Waals surface area contributed by atoms with Crippen LogP contribution in [-0.2, 0) is 9.59 Å². The average Bonchev–Trinajstić information content (AvgIpc) is 2.58. The van der Waals surface area contributed by atoms with Crippen molar-refractivity contribution in [3.05, 3.63) is 35.5 Å². The van der Waals surface area contributed by atoms with Crippen LogP contribution in [0.2, 0.25) is 0 Å². The minimum absolute atomic E-state index is 0. The Bertz CT molecular complexity index is 650. The van der Waals surface area contributed by atoms with E-state index in [1.165, 1.54) is 23.5 Å². The summed E-state index contributed by atoms with van der Waals surface area (Å²) in [6, 6.07) is 3.29. The molecular formula is C15H19Cl2N3O3S2. The van der Waals surface area contributed by atoms with E-state index in [9.17, 15) is 14.7 Å². The normalized spacial score (nSPS) is 27.7. The van der Waals surface area contributed by atoms with E-state index in [0.717, 1.165) is 5.56 Å². The third-order valence-corrected chi connectivity index (χ3v) is 6.70. The number of rotatable bonds is 5. The monoisotopic (exact) mass is 423 g/mol. The molecular weight excluding hydrogens is 405 g/mol. The molecule has 6 nitrogen and oxygen atoms in total. The number of carbonyl (C=O) groups is 2. The molecule has 2 unspecified atom stereocenters. The van der Waals surface area contributed by atoms with Gasteiger partial charge in [-0.3, -0.25) is 14.6 Å². The number of thioether (sulfide) groups is 2. The maximum Gasteiger partial charge on any atom is 0.313 e. The summed E-state index contributed by atoms with van der Waals surface area (Å²) in [4.78, 5) is 29.2. The third-order valence-electron chi connectivity index (χ3n) is 4.04. The van der Waals surface area contributed by atoms with Gasteiger partial charge in [-0.05, 0) is 23.1 Å². The van der Waals surface area contributed by atoms with Gasteiger partial charge in [-0.15, -0.1) is 48.3 Å². The van der Waals surface area contributed by atoms with Gasteiger partial charge in [0.1, 0.15) is 16.8 Å². The Morgan fingerprint density at radius 2 is 2.32 bits per heavy atom. The number of pyridine rings is 1. The van der Waals surface area contributed by atoms with E-state index in [-0.39, 0.29) is 42.6 Å². The van der Waals surface area contributed by atoms with Crippen molar-refractivity contribution in [2.45, 2.75) is 11.4 Å². The number of hydrogen-bond donors (Lipinski definition) is 2. The number of carboxylic acid groups (broad SMARTS) is 1. The summed E-state index contributed by atoms with van der Waals surface area (Å²) in [6.45, 7) is 0.236. The fourth-order valence-corrected chi connectivity index (χ4v) is 5.22. The molecule has 3 heterocycles. The van der Waals surface area contributed by atoms with E-state index in [1.54, 1.807) is 17.3 Å². The number of hydrogen-bond acceptors (Lipinski definition) is 6. The first-order valence-corrected chi connectivity index (χ1v) is 9.22.